The molecule has 0 aliphatic heterocycles. The van der Waals surface area contributed by atoms with Gasteiger partial charge in [-0.25, -0.2) is 4.39 Å². The number of hydrogen-bond acceptors (Lipinski definition) is 1. The number of aromatic nitrogens is 1. The molecule has 88 valence electrons. The predicted molar refractivity (Wildman–Crippen MR) is 68.1 cm³/mol. The summed E-state index contributed by atoms with van der Waals surface area (Å²) < 4.78 is 13.4. The Bertz CT molecular complexity index is 607. The first-order chi connectivity index (χ1) is 8.16. The lowest BCUT2D eigenvalue weighted by Gasteiger charge is -2.18. The second-order valence-electron chi connectivity index (χ2n) is 4.67. The SMILES string of the molecule is Cc1cc(F)cc2nc3c(c(Cl)c12)CCCC3. The summed E-state index contributed by atoms with van der Waals surface area (Å²) in [4.78, 5) is 4.57. The molecule has 1 aliphatic rings. The molecular formula is C14H13ClFN. The Kier molecular flexibility index (Phi) is 2.55. The van der Waals surface area contributed by atoms with Gasteiger partial charge in [0.1, 0.15) is 5.82 Å². The lowest BCUT2D eigenvalue weighted by atomic mass is 9.93. The number of nitrogens with zero attached hydrogens (tertiary/aromatic N) is 1. The first-order valence-corrected chi connectivity index (χ1v) is 6.31. The zero-order chi connectivity index (χ0) is 12.0. The van der Waals surface area contributed by atoms with Gasteiger partial charge in [0.05, 0.1) is 10.5 Å². The molecule has 1 aromatic heterocycles. The van der Waals surface area contributed by atoms with Gasteiger partial charge in [-0.1, -0.05) is 11.6 Å². The number of hydrogen-bond donors (Lipinski definition) is 0. The predicted octanol–water partition coefficient (Wildman–Crippen LogP) is 4.21. The van der Waals surface area contributed by atoms with Crippen molar-refractivity contribution >= 4 is 22.5 Å². The van der Waals surface area contributed by atoms with E-state index in [1.807, 2.05) is 6.92 Å². The smallest absolute Gasteiger partial charge is 0.125 e. The van der Waals surface area contributed by atoms with Crippen LogP contribution in [0.2, 0.25) is 5.02 Å². The Balaban J connectivity index is 2.40. The molecule has 0 atom stereocenters. The summed E-state index contributed by atoms with van der Waals surface area (Å²) in [6.45, 7) is 1.88. The van der Waals surface area contributed by atoms with E-state index in [4.69, 9.17) is 11.6 Å². The van der Waals surface area contributed by atoms with Gasteiger partial charge in [-0.2, -0.15) is 0 Å². The van der Waals surface area contributed by atoms with Crippen molar-refractivity contribution in [1.82, 2.24) is 4.98 Å². The Morgan fingerprint density at radius 3 is 2.82 bits per heavy atom. The van der Waals surface area contributed by atoms with Crippen LogP contribution < -0.4 is 0 Å². The Morgan fingerprint density at radius 2 is 2.00 bits per heavy atom. The summed E-state index contributed by atoms with van der Waals surface area (Å²) in [6.07, 6.45) is 4.27. The molecule has 1 aromatic carbocycles. The van der Waals surface area contributed by atoms with Gasteiger partial charge in [-0.3, -0.25) is 4.98 Å². The second-order valence-corrected chi connectivity index (χ2v) is 5.05. The topological polar surface area (TPSA) is 12.9 Å². The highest BCUT2D eigenvalue weighted by atomic mass is 35.5. The van der Waals surface area contributed by atoms with E-state index in [0.29, 0.717) is 5.52 Å². The lowest BCUT2D eigenvalue weighted by molar-refractivity contribution is 0.627. The van der Waals surface area contributed by atoms with Crippen LogP contribution in [0.4, 0.5) is 4.39 Å². The van der Waals surface area contributed by atoms with Crippen LogP contribution in [0, 0.1) is 12.7 Å². The van der Waals surface area contributed by atoms with Crippen LogP contribution in [0.1, 0.15) is 29.7 Å². The van der Waals surface area contributed by atoms with Crippen molar-refractivity contribution < 1.29 is 4.39 Å². The minimum absolute atomic E-state index is 0.241. The summed E-state index contributed by atoms with van der Waals surface area (Å²) in [5.41, 5.74) is 3.78. The van der Waals surface area contributed by atoms with Crippen molar-refractivity contribution in [3.05, 3.63) is 39.8 Å². The number of pyridine rings is 1. The van der Waals surface area contributed by atoms with E-state index in [2.05, 4.69) is 4.98 Å². The Hall–Kier alpha value is -1.15. The van der Waals surface area contributed by atoms with Crippen molar-refractivity contribution in [2.75, 3.05) is 0 Å². The fourth-order valence-electron chi connectivity index (χ4n) is 2.64. The number of halogens is 2. The van der Waals surface area contributed by atoms with E-state index in [-0.39, 0.29) is 5.82 Å². The van der Waals surface area contributed by atoms with Gasteiger partial charge in [-0.05, 0) is 49.8 Å². The van der Waals surface area contributed by atoms with E-state index in [1.165, 1.54) is 24.1 Å². The van der Waals surface area contributed by atoms with Crippen molar-refractivity contribution in [1.29, 1.82) is 0 Å². The van der Waals surface area contributed by atoms with Crippen molar-refractivity contribution in [3.63, 3.8) is 0 Å². The highest BCUT2D eigenvalue weighted by Gasteiger charge is 2.18. The van der Waals surface area contributed by atoms with Crippen LogP contribution in [0.15, 0.2) is 12.1 Å². The lowest BCUT2D eigenvalue weighted by Crippen LogP contribution is -2.07. The highest BCUT2D eigenvalue weighted by Crippen LogP contribution is 2.34. The van der Waals surface area contributed by atoms with Crippen LogP contribution in [0.25, 0.3) is 10.9 Å². The quantitative estimate of drug-likeness (QED) is 0.681. The number of fused-ring (bicyclic) bond motifs is 2. The summed E-state index contributed by atoms with van der Waals surface area (Å²) in [5, 5.41) is 1.69. The number of aryl methyl sites for hydroxylation is 2. The molecule has 0 saturated heterocycles. The molecule has 0 amide bonds. The van der Waals surface area contributed by atoms with Crippen LogP contribution >= 0.6 is 11.6 Å². The monoisotopic (exact) mass is 249 g/mol. The minimum Gasteiger partial charge on any atom is -0.252 e. The molecule has 3 heteroatoms. The van der Waals surface area contributed by atoms with Gasteiger partial charge in [0.25, 0.3) is 0 Å². The van der Waals surface area contributed by atoms with Crippen molar-refractivity contribution in [2.24, 2.45) is 0 Å². The van der Waals surface area contributed by atoms with Gasteiger partial charge in [0.15, 0.2) is 0 Å². The van der Waals surface area contributed by atoms with Gasteiger partial charge in [0.2, 0.25) is 0 Å². The fraction of sp³-hybridized carbons (Fsp3) is 0.357. The van der Waals surface area contributed by atoms with Gasteiger partial charge >= 0.3 is 0 Å². The molecule has 0 N–H and O–H groups in total. The average Bonchev–Trinajstić information content (AvgIpc) is 2.28. The third-order valence-corrected chi connectivity index (χ3v) is 3.88. The minimum atomic E-state index is -0.241. The summed E-state index contributed by atoms with van der Waals surface area (Å²) in [7, 11) is 0. The van der Waals surface area contributed by atoms with Gasteiger partial charge in [-0.15, -0.1) is 0 Å². The van der Waals surface area contributed by atoms with Crippen LogP contribution in [0.3, 0.4) is 0 Å². The third kappa shape index (κ3) is 1.71. The molecule has 0 unspecified atom stereocenters. The molecule has 0 radical (unpaired) electrons. The standard InChI is InChI=1S/C14H13ClFN/c1-8-6-9(16)7-12-13(8)14(15)10-4-2-3-5-11(10)17-12/h6-7H,2-5H2,1H3. The Morgan fingerprint density at radius 1 is 1.24 bits per heavy atom. The maximum atomic E-state index is 13.4. The molecule has 0 spiro atoms. The average molecular weight is 250 g/mol. The van der Waals surface area contributed by atoms with E-state index < -0.39 is 0 Å². The van der Waals surface area contributed by atoms with Crippen molar-refractivity contribution in [3.8, 4) is 0 Å². The van der Waals surface area contributed by atoms with Gasteiger partial charge < -0.3 is 0 Å². The number of benzene rings is 1. The molecule has 1 heterocycles. The van der Waals surface area contributed by atoms with Crippen LogP contribution in [-0.2, 0) is 12.8 Å². The summed E-state index contributed by atoms with van der Waals surface area (Å²) >= 11 is 6.45. The molecule has 0 fully saturated rings. The van der Waals surface area contributed by atoms with Gasteiger partial charge in [0, 0.05) is 17.1 Å². The molecule has 17 heavy (non-hydrogen) atoms. The second kappa shape index (κ2) is 3.95. The number of rotatable bonds is 0. The largest absolute Gasteiger partial charge is 0.252 e. The summed E-state index contributed by atoms with van der Waals surface area (Å²) in [5.74, 6) is -0.241. The molecular weight excluding hydrogens is 237 g/mol. The first kappa shape index (κ1) is 11.0. The van der Waals surface area contributed by atoms with Crippen molar-refractivity contribution in [2.45, 2.75) is 32.6 Å². The van der Waals surface area contributed by atoms with E-state index >= 15 is 0 Å². The van der Waals surface area contributed by atoms with E-state index in [0.717, 1.165) is 40.9 Å². The first-order valence-electron chi connectivity index (χ1n) is 5.94. The highest BCUT2D eigenvalue weighted by molar-refractivity contribution is 6.36. The molecule has 1 aliphatic carbocycles. The van der Waals surface area contributed by atoms with E-state index in [9.17, 15) is 4.39 Å². The molecule has 0 bridgehead atoms. The zero-order valence-electron chi connectivity index (χ0n) is 9.69. The fourth-order valence-corrected chi connectivity index (χ4v) is 3.09. The molecule has 0 saturated carbocycles. The maximum Gasteiger partial charge on any atom is 0.125 e. The summed E-state index contributed by atoms with van der Waals surface area (Å²) in [6, 6.07) is 2.99. The van der Waals surface area contributed by atoms with E-state index in [1.54, 1.807) is 0 Å². The Labute approximate surface area is 105 Å². The molecule has 2 aromatic rings. The zero-order valence-corrected chi connectivity index (χ0v) is 10.4. The normalized spacial score (nSPS) is 15.0. The van der Waals surface area contributed by atoms with Crippen LogP contribution in [0.5, 0.6) is 0 Å². The maximum absolute atomic E-state index is 13.4. The molecule has 3 rings (SSSR count). The van der Waals surface area contributed by atoms with Crippen LogP contribution in [-0.4, -0.2) is 4.98 Å². The molecule has 1 nitrogen and oxygen atoms in total. The third-order valence-electron chi connectivity index (χ3n) is 3.46.